The van der Waals surface area contributed by atoms with E-state index in [0.29, 0.717) is 21.3 Å². The molecule has 0 bridgehead atoms. The lowest BCUT2D eigenvalue weighted by molar-refractivity contribution is -0.119. The molecule has 0 radical (unpaired) electrons. The predicted molar refractivity (Wildman–Crippen MR) is 140 cm³/mol. The van der Waals surface area contributed by atoms with Crippen LogP contribution in [0.5, 0.6) is 0 Å². The van der Waals surface area contributed by atoms with Crippen LogP contribution in [-0.2, 0) is 4.79 Å². The minimum Gasteiger partial charge on any atom is -0.381 e. The second kappa shape index (κ2) is 9.53. The first-order chi connectivity index (χ1) is 17.6. The van der Waals surface area contributed by atoms with Crippen LogP contribution >= 0.6 is 23.2 Å². The standard InChI is InChI=1S/C29H23Cl2NO5/c30-19-9-5-17(6-10-19)25(34)22-15-28(16-24(33)32-23-4-2-1-3-21(23)27(28)36)13-14-29(22,37)26(35)18-7-11-20(31)12-8-18/h1-12,22,37H,13-16H2,(H,32,33)/t22-,28+,29-/m1/s1. The number of aliphatic hydroxyl groups is 1. The Morgan fingerprint density at radius 2 is 1.43 bits per heavy atom. The maximum Gasteiger partial charge on any atom is 0.225 e. The van der Waals surface area contributed by atoms with Crippen LogP contribution in [0.1, 0.15) is 56.8 Å². The van der Waals surface area contributed by atoms with Crippen LogP contribution < -0.4 is 5.32 Å². The van der Waals surface area contributed by atoms with Crippen molar-refractivity contribution >= 4 is 52.1 Å². The number of fused-ring (bicyclic) bond motifs is 1. The number of halogens is 2. The van der Waals surface area contributed by atoms with E-state index in [1.807, 2.05) is 0 Å². The van der Waals surface area contributed by atoms with Gasteiger partial charge in [-0.15, -0.1) is 0 Å². The van der Waals surface area contributed by atoms with Gasteiger partial charge in [-0.2, -0.15) is 0 Å². The number of carbonyl (C=O) groups is 4. The highest BCUT2D eigenvalue weighted by molar-refractivity contribution is 6.31. The third kappa shape index (κ3) is 4.50. The molecule has 1 fully saturated rings. The molecule has 3 aromatic carbocycles. The van der Waals surface area contributed by atoms with Gasteiger partial charge >= 0.3 is 0 Å². The number of para-hydroxylation sites is 1. The molecule has 1 amide bonds. The summed E-state index contributed by atoms with van der Waals surface area (Å²) in [5, 5.41) is 15.5. The second-order valence-electron chi connectivity index (χ2n) is 9.77. The highest BCUT2D eigenvalue weighted by Gasteiger charge is 2.58. The minimum absolute atomic E-state index is 0.0633. The van der Waals surface area contributed by atoms with Gasteiger partial charge in [0.25, 0.3) is 0 Å². The summed E-state index contributed by atoms with van der Waals surface area (Å²) in [4.78, 5) is 54.3. The lowest BCUT2D eigenvalue weighted by Gasteiger charge is -2.46. The Balaban J connectivity index is 1.60. The quantitative estimate of drug-likeness (QED) is 0.411. The summed E-state index contributed by atoms with van der Waals surface area (Å²) in [6.45, 7) is 0. The van der Waals surface area contributed by atoms with Gasteiger partial charge < -0.3 is 10.4 Å². The molecule has 37 heavy (non-hydrogen) atoms. The Kier molecular flexibility index (Phi) is 6.52. The molecule has 2 aliphatic rings. The lowest BCUT2D eigenvalue weighted by atomic mass is 9.57. The van der Waals surface area contributed by atoms with Crippen LogP contribution in [-0.4, -0.2) is 34.0 Å². The van der Waals surface area contributed by atoms with Crippen molar-refractivity contribution in [2.24, 2.45) is 11.3 Å². The van der Waals surface area contributed by atoms with Crippen molar-refractivity contribution < 1.29 is 24.3 Å². The highest BCUT2D eigenvalue weighted by atomic mass is 35.5. The van der Waals surface area contributed by atoms with Gasteiger partial charge in [0, 0.05) is 38.6 Å². The van der Waals surface area contributed by atoms with Crippen LogP contribution in [0.25, 0.3) is 0 Å². The van der Waals surface area contributed by atoms with Gasteiger partial charge in [-0.05, 0) is 79.9 Å². The molecule has 8 heteroatoms. The maximum atomic E-state index is 13.9. The molecular formula is C29H23Cl2NO5. The van der Waals surface area contributed by atoms with Gasteiger partial charge in [0.2, 0.25) is 5.91 Å². The molecule has 0 unspecified atom stereocenters. The Bertz CT molecular complexity index is 1420. The summed E-state index contributed by atoms with van der Waals surface area (Å²) in [7, 11) is 0. The van der Waals surface area contributed by atoms with Crippen molar-refractivity contribution in [2.75, 3.05) is 5.32 Å². The fourth-order valence-corrected chi connectivity index (χ4v) is 5.79. The van der Waals surface area contributed by atoms with Gasteiger partial charge in [-0.3, -0.25) is 19.2 Å². The third-order valence-corrected chi connectivity index (χ3v) is 8.03. The number of hydrogen-bond acceptors (Lipinski definition) is 5. The average molecular weight is 536 g/mol. The van der Waals surface area contributed by atoms with E-state index < -0.39 is 28.5 Å². The van der Waals surface area contributed by atoms with E-state index in [2.05, 4.69) is 5.32 Å². The SMILES string of the molecule is O=C1C[C@@]2(CC[C@](O)(C(=O)c3ccc(Cl)cc3)[C@@H](C(=O)c3ccc(Cl)cc3)C2)C(=O)c2ccccc2N1. The molecule has 0 aromatic heterocycles. The summed E-state index contributed by atoms with van der Waals surface area (Å²) in [5.41, 5.74) is -2.13. The fourth-order valence-electron chi connectivity index (χ4n) is 5.54. The molecule has 188 valence electrons. The van der Waals surface area contributed by atoms with Gasteiger partial charge in [0.1, 0.15) is 5.60 Å². The predicted octanol–water partition coefficient (Wildman–Crippen LogP) is 5.80. The van der Waals surface area contributed by atoms with Crippen molar-refractivity contribution in [1.29, 1.82) is 0 Å². The summed E-state index contributed by atoms with van der Waals surface area (Å²) >= 11 is 12.0. The zero-order valence-corrected chi connectivity index (χ0v) is 21.2. The highest BCUT2D eigenvalue weighted by Crippen LogP contribution is 2.52. The van der Waals surface area contributed by atoms with E-state index in [1.54, 1.807) is 36.4 Å². The number of nitrogens with one attached hydrogen (secondary N) is 1. The van der Waals surface area contributed by atoms with Crippen LogP contribution in [0, 0.1) is 11.3 Å². The number of benzene rings is 3. The Hall–Kier alpha value is -3.32. The maximum absolute atomic E-state index is 13.9. The van der Waals surface area contributed by atoms with Gasteiger partial charge in [0.15, 0.2) is 17.3 Å². The summed E-state index contributed by atoms with van der Waals surface area (Å²) in [5.74, 6) is -3.03. The monoisotopic (exact) mass is 535 g/mol. The van der Waals surface area contributed by atoms with Crippen LogP contribution in [0.4, 0.5) is 5.69 Å². The molecule has 2 N–H and O–H groups in total. The molecule has 1 spiro atoms. The fraction of sp³-hybridized carbons (Fsp3) is 0.241. The first-order valence-corrected chi connectivity index (χ1v) is 12.6. The molecule has 1 heterocycles. The molecular weight excluding hydrogens is 513 g/mol. The molecule has 1 saturated carbocycles. The molecule has 1 aliphatic carbocycles. The first-order valence-electron chi connectivity index (χ1n) is 11.9. The number of anilines is 1. The van der Waals surface area contributed by atoms with Gasteiger partial charge in [-0.1, -0.05) is 35.3 Å². The zero-order valence-electron chi connectivity index (χ0n) is 19.7. The first kappa shape index (κ1) is 25.3. The Morgan fingerprint density at radius 1 is 0.838 bits per heavy atom. The van der Waals surface area contributed by atoms with E-state index in [9.17, 15) is 24.3 Å². The van der Waals surface area contributed by atoms with E-state index in [4.69, 9.17) is 23.2 Å². The van der Waals surface area contributed by atoms with Crippen LogP contribution in [0.3, 0.4) is 0 Å². The van der Waals surface area contributed by atoms with E-state index in [1.165, 1.54) is 36.4 Å². The summed E-state index contributed by atoms with van der Waals surface area (Å²) < 4.78 is 0. The third-order valence-electron chi connectivity index (χ3n) is 7.53. The van der Waals surface area contributed by atoms with Crippen LogP contribution in [0.15, 0.2) is 72.8 Å². The molecule has 5 rings (SSSR count). The van der Waals surface area contributed by atoms with Crippen molar-refractivity contribution in [2.45, 2.75) is 31.3 Å². The van der Waals surface area contributed by atoms with E-state index in [0.717, 1.165) is 0 Å². The summed E-state index contributed by atoms with van der Waals surface area (Å²) in [6, 6.07) is 18.9. The number of hydrogen-bond donors (Lipinski definition) is 2. The molecule has 3 atom stereocenters. The number of ketones is 3. The minimum atomic E-state index is -2.08. The lowest BCUT2D eigenvalue weighted by Crippen LogP contribution is -2.56. The zero-order chi connectivity index (χ0) is 26.4. The van der Waals surface area contributed by atoms with E-state index in [-0.39, 0.29) is 48.5 Å². The topological polar surface area (TPSA) is 101 Å². The van der Waals surface area contributed by atoms with Crippen molar-refractivity contribution in [1.82, 2.24) is 0 Å². The van der Waals surface area contributed by atoms with Crippen molar-refractivity contribution in [3.63, 3.8) is 0 Å². The largest absolute Gasteiger partial charge is 0.381 e. The number of carbonyl (C=O) groups excluding carboxylic acids is 4. The molecule has 0 saturated heterocycles. The van der Waals surface area contributed by atoms with Gasteiger partial charge in [-0.25, -0.2) is 0 Å². The van der Waals surface area contributed by atoms with Gasteiger partial charge in [0.05, 0.1) is 11.6 Å². The average Bonchev–Trinajstić information content (AvgIpc) is 2.99. The Labute approximate surface area is 223 Å². The van der Waals surface area contributed by atoms with E-state index >= 15 is 0 Å². The normalized spacial score (nSPS) is 25.2. The number of amides is 1. The van der Waals surface area contributed by atoms with Crippen molar-refractivity contribution in [3.8, 4) is 0 Å². The summed E-state index contributed by atoms with van der Waals surface area (Å²) in [6.07, 6.45) is -0.422. The van der Waals surface area contributed by atoms with Crippen molar-refractivity contribution in [3.05, 3.63) is 99.5 Å². The smallest absolute Gasteiger partial charge is 0.225 e. The number of Topliss-reactive ketones (excluding diaryl/α,β-unsaturated/α-hetero) is 3. The molecule has 6 nitrogen and oxygen atoms in total. The Morgan fingerprint density at radius 3 is 2.08 bits per heavy atom. The molecule has 3 aromatic rings. The second-order valence-corrected chi connectivity index (χ2v) is 10.6. The molecule has 1 aliphatic heterocycles. The van der Waals surface area contributed by atoms with Crippen LogP contribution in [0.2, 0.25) is 10.0 Å². The number of rotatable bonds is 4.